The topological polar surface area (TPSA) is 66.5 Å². The Hall–Kier alpha value is -1.90. The molecule has 0 aliphatic carbocycles. The number of benzene rings is 1. The first-order valence-electron chi connectivity index (χ1n) is 8.74. The van der Waals surface area contributed by atoms with Crippen LogP contribution >= 0.6 is 24.0 Å². The van der Waals surface area contributed by atoms with Crippen LogP contribution in [0.15, 0.2) is 45.4 Å². The third-order valence-electron chi connectivity index (χ3n) is 4.28. The van der Waals surface area contributed by atoms with Gasteiger partial charge in [0.05, 0.1) is 0 Å². The van der Waals surface area contributed by atoms with Crippen LogP contribution in [0.25, 0.3) is 6.08 Å². The van der Waals surface area contributed by atoms with E-state index in [1.807, 2.05) is 14.0 Å². The van der Waals surface area contributed by atoms with Gasteiger partial charge in [0.1, 0.15) is 0 Å². The summed E-state index contributed by atoms with van der Waals surface area (Å²) in [5, 5.41) is 7.20. The number of nitrogens with one attached hydrogen (secondary N) is 1. The van der Waals surface area contributed by atoms with E-state index in [9.17, 15) is 0 Å². The number of halogens is 1. The average Bonchev–Trinajstić information content (AvgIpc) is 3.06. The fourth-order valence-corrected chi connectivity index (χ4v) is 2.99. The van der Waals surface area contributed by atoms with Crippen molar-refractivity contribution < 1.29 is 4.52 Å². The molecule has 2 aromatic rings. The molecule has 0 saturated carbocycles. The van der Waals surface area contributed by atoms with E-state index in [0.29, 0.717) is 18.1 Å². The van der Waals surface area contributed by atoms with E-state index in [4.69, 9.17) is 4.52 Å². The van der Waals surface area contributed by atoms with E-state index in [2.05, 4.69) is 61.8 Å². The molecule has 26 heavy (non-hydrogen) atoms. The summed E-state index contributed by atoms with van der Waals surface area (Å²) in [6, 6.07) is 10.5. The van der Waals surface area contributed by atoms with Crippen LogP contribution in [0.1, 0.15) is 30.1 Å². The van der Waals surface area contributed by atoms with Gasteiger partial charge in [-0.1, -0.05) is 47.1 Å². The van der Waals surface area contributed by atoms with E-state index >= 15 is 0 Å². The summed E-state index contributed by atoms with van der Waals surface area (Å²) in [5.74, 6) is 2.27. The van der Waals surface area contributed by atoms with Gasteiger partial charge in [0.15, 0.2) is 11.8 Å². The molecule has 1 aromatic heterocycles. The second-order valence-corrected chi connectivity index (χ2v) is 6.16. The molecule has 1 aliphatic heterocycles. The van der Waals surface area contributed by atoms with Gasteiger partial charge in [0, 0.05) is 33.1 Å². The number of nitrogens with zero attached hydrogens (tertiary/aromatic N) is 4. The van der Waals surface area contributed by atoms with Crippen molar-refractivity contribution in [2.45, 2.75) is 26.2 Å². The monoisotopic (exact) mass is 467 g/mol. The fourth-order valence-electron chi connectivity index (χ4n) is 2.99. The quantitative estimate of drug-likeness (QED) is 0.425. The van der Waals surface area contributed by atoms with Crippen molar-refractivity contribution in [1.29, 1.82) is 0 Å². The molecule has 140 valence electrons. The van der Waals surface area contributed by atoms with E-state index < -0.39 is 0 Å². The largest absolute Gasteiger partial charge is 0.356 e. The van der Waals surface area contributed by atoms with Gasteiger partial charge in [-0.3, -0.25) is 4.99 Å². The normalized spacial score (nSPS) is 14.8. The molecule has 3 rings (SSSR count). The Morgan fingerprint density at radius 3 is 2.62 bits per heavy atom. The molecule has 1 aromatic carbocycles. The van der Waals surface area contributed by atoms with Crippen LogP contribution in [0.3, 0.4) is 0 Å². The summed E-state index contributed by atoms with van der Waals surface area (Å²) >= 11 is 0. The van der Waals surface area contributed by atoms with Gasteiger partial charge in [-0.25, -0.2) is 0 Å². The van der Waals surface area contributed by atoms with E-state index in [1.54, 1.807) is 0 Å². The highest BCUT2D eigenvalue weighted by molar-refractivity contribution is 14.0. The molecule has 1 N–H and O–H groups in total. The van der Waals surface area contributed by atoms with E-state index in [1.165, 1.54) is 11.1 Å². The number of aliphatic imine (C=N–C) groups is 1. The van der Waals surface area contributed by atoms with Crippen LogP contribution in [0.5, 0.6) is 0 Å². The summed E-state index contributed by atoms with van der Waals surface area (Å²) in [7, 11) is 1.83. The Labute approximate surface area is 171 Å². The first-order chi connectivity index (χ1) is 12.2. The molecular formula is C19H26IN5O. The van der Waals surface area contributed by atoms with Crippen molar-refractivity contribution in [2.24, 2.45) is 4.99 Å². The molecule has 0 radical (unpaired) electrons. The Morgan fingerprint density at radius 2 is 2.00 bits per heavy atom. The van der Waals surface area contributed by atoms with Crippen LogP contribution in [-0.4, -0.2) is 47.7 Å². The first-order valence-corrected chi connectivity index (χ1v) is 8.74. The molecule has 0 amide bonds. The Balaban J connectivity index is 0.00000243. The smallest absolute Gasteiger partial charge is 0.228 e. The van der Waals surface area contributed by atoms with Crippen molar-refractivity contribution in [2.75, 3.05) is 26.7 Å². The summed E-state index contributed by atoms with van der Waals surface area (Å²) in [5.41, 5.74) is 2.78. The minimum Gasteiger partial charge on any atom is -0.356 e. The van der Waals surface area contributed by atoms with Crippen LogP contribution in [0.2, 0.25) is 0 Å². The third-order valence-corrected chi connectivity index (χ3v) is 4.28. The fraction of sp³-hybridized carbons (Fsp3) is 0.421. The van der Waals surface area contributed by atoms with Gasteiger partial charge in [-0.05, 0) is 25.3 Å². The summed E-state index contributed by atoms with van der Waals surface area (Å²) in [4.78, 5) is 10.9. The molecule has 6 nitrogen and oxygen atoms in total. The van der Waals surface area contributed by atoms with E-state index in [-0.39, 0.29) is 24.0 Å². The molecule has 0 atom stereocenters. The lowest BCUT2D eigenvalue weighted by atomic mass is 10.0. The average molecular weight is 467 g/mol. The maximum Gasteiger partial charge on any atom is 0.228 e. The summed E-state index contributed by atoms with van der Waals surface area (Å²) in [6.07, 6.45) is 5.15. The second kappa shape index (κ2) is 10.3. The molecule has 1 aliphatic rings. The number of aryl methyl sites for hydroxylation is 1. The molecule has 1 saturated heterocycles. The number of piperidine rings is 1. The van der Waals surface area contributed by atoms with E-state index in [0.717, 1.165) is 38.4 Å². The lowest BCUT2D eigenvalue weighted by Gasteiger charge is -2.31. The second-order valence-electron chi connectivity index (χ2n) is 6.16. The van der Waals surface area contributed by atoms with Gasteiger partial charge in [0.25, 0.3) is 0 Å². The van der Waals surface area contributed by atoms with Crippen LogP contribution in [0, 0.1) is 6.92 Å². The number of hydrogen-bond acceptors (Lipinski definition) is 4. The standard InChI is InChI=1S/C19H25N5O.HI/c1-15-22-18(25-23-15)8-11-21-19(20-2)24-12-9-17(10-13-24)14-16-6-4-3-5-7-16;/h3-7,14H,8-13H2,1-2H3,(H,20,21);1H. The van der Waals surface area contributed by atoms with Gasteiger partial charge < -0.3 is 14.7 Å². The molecule has 2 heterocycles. The van der Waals surface area contributed by atoms with Crippen molar-refractivity contribution >= 4 is 36.0 Å². The van der Waals surface area contributed by atoms with Crippen LogP contribution in [-0.2, 0) is 6.42 Å². The van der Waals surface area contributed by atoms with Gasteiger partial charge in [-0.15, -0.1) is 24.0 Å². The zero-order chi connectivity index (χ0) is 17.5. The maximum absolute atomic E-state index is 5.13. The SMILES string of the molecule is CN=C(NCCc1nc(C)no1)N1CCC(=Cc2ccccc2)CC1.I. The minimum absolute atomic E-state index is 0. The van der Waals surface area contributed by atoms with Crippen molar-refractivity contribution in [3.63, 3.8) is 0 Å². The predicted molar refractivity (Wildman–Crippen MR) is 115 cm³/mol. The molecule has 7 heteroatoms. The van der Waals surface area contributed by atoms with Crippen LogP contribution in [0.4, 0.5) is 0 Å². The molecule has 1 fully saturated rings. The Bertz CT molecular complexity index is 731. The molecular weight excluding hydrogens is 441 g/mol. The highest BCUT2D eigenvalue weighted by atomic mass is 127. The number of guanidine groups is 1. The lowest BCUT2D eigenvalue weighted by Crippen LogP contribution is -2.45. The van der Waals surface area contributed by atoms with Crippen molar-refractivity contribution in [3.05, 3.63) is 53.2 Å². The Kier molecular flexibility index (Phi) is 8.08. The maximum atomic E-state index is 5.13. The number of rotatable bonds is 4. The van der Waals surface area contributed by atoms with Crippen LogP contribution < -0.4 is 5.32 Å². The molecule has 0 unspecified atom stereocenters. The summed E-state index contributed by atoms with van der Waals surface area (Å²) < 4.78 is 5.13. The Morgan fingerprint density at radius 1 is 1.27 bits per heavy atom. The zero-order valence-electron chi connectivity index (χ0n) is 15.3. The highest BCUT2D eigenvalue weighted by Gasteiger charge is 2.17. The van der Waals surface area contributed by atoms with Crippen molar-refractivity contribution in [3.8, 4) is 0 Å². The highest BCUT2D eigenvalue weighted by Crippen LogP contribution is 2.19. The number of aromatic nitrogens is 2. The molecule has 0 bridgehead atoms. The lowest BCUT2D eigenvalue weighted by molar-refractivity contribution is 0.365. The van der Waals surface area contributed by atoms with Gasteiger partial charge in [0.2, 0.25) is 5.89 Å². The summed E-state index contributed by atoms with van der Waals surface area (Å²) in [6.45, 7) is 4.53. The third kappa shape index (κ3) is 5.82. The zero-order valence-corrected chi connectivity index (χ0v) is 17.6. The van der Waals surface area contributed by atoms with Crippen molar-refractivity contribution in [1.82, 2.24) is 20.4 Å². The number of likely N-dealkylation sites (tertiary alicyclic amines) is 1. The minimum atomic E-state index is 0. The molecule has 0 spiro atoms. The first kappa shape index (κ1) is 20.4. The van der Waals surface area contributed by atoms with Gasteiger partial charge >= 0.3 is 0 Å². The predicted octanol–water partition coefficient (Wildman–Crippen LogP) is 3.29. The van der Waals surface area contributed by atoms with Gasteiger partial charge in [-0.2, -0.15) is 4.98 Å². The number of hydrogen-bond donors (Lipinski definition) is 1.